The third-order valence-electron chi connectivity index (χ3n) is 2.05. The van der Waals surface area contributed by atoms with E-state index in [0.717, 1.165) is 0 Å². The van der Waals surface area contributed by atoms with Crippen molar-refractivity contribution in [2.24, 2.45) is 0 Å². The van der Waals surface area contributed by atoms with E-state index in [0.29, 0.717) is 13.0 Å². The SMILES string of the molecule is COCCCS(=O)(=O)Nc1ncccc1C(=O)O. The van der Waals surface area contributed by atoms with Crippen LogP contribution in [0.2, 0.25) is 0 Å². The second-order valence-electron chi connectivity index (χ2n) is 3.47. The number of anilines is 1. The molecule has 1 aromatic heterocycles. The minimum absolute atomic E-state index is 0.156. The summed E-state index contributed by atoms with van der Waals surface area (Å²) in [6.07, 6.45) is 1.64. The summed E-state index contributed by atoms with van der Waals surface area (Å²) >= 11 is 0. The van der Waals surface area contributed by atoms with E-state index in [2.05, 4.69) is 9.71 Å². The summed E-state index contributed by atoms with van der Waals surface area (Å²) in [6.45, 7) is 0.314. The Labute approximate surface area is 105 Å². The quantitative estimate of drug-likeness (QED) is 0.704. The van der Waals surface area contributed by atoms with Gasteiger partial charge in [-0.25, -0.2) is 18.2 Å². The van der Waals surface area contributed by atoms with Gasteiger partial charge in [0.15, 0.2) is 5.82 Å². The molecule has 1 aromatic rings. The zero-order chi connectivity index (χ0) is 13.6. The van der Waals surface area contributed by atoms with E-state index in [1.54, 1.807) is 0 Å². The zero-order valence-corrected chi connectivity index (χ0v) is 10.6. The van der Waals surface area contributed by atoms with Crippen molar-refractivity contribution in [3.8, 4) is 0 Å². The van der Waals surface area contributed by atoms with Crippen LogP contribution >= 0.6 is 0 Å². The molecule has 0 bridgehead atoms. The molecule has 1 rings (SSSR count). The molecule has 0 fully saturated rings. The van der Waals surface area contributed by atoms with Crippen LogP contribution in [0.1, 0.15) is 16.8 Å². The van der Waals surface area contributed by atoms with Gasteiger partial charge in [-0.15, -0.1) is 0 Å². The maximum absolute atomic E-state index is 11.6. The number of methoxy groups -OCH3 is 1. The lowest BCUT2D eigenvalue weighted by Gasteiger charge is -2.08. The zero-order valence-electron chi connectivity index (χ0n) is 9.79. The minimum atomic E-state index is -3.62. The van der Waals surface area contributed by atoms with E-state index in [1.807, 2.05) is 0 Å². The van der Waals surface area contributed by atoms with Crippen LogP contribution in [0.5, 0.6) is 0 Å². The Morgan fingerprint density at radius 3 is 2.89 bits per heavy atom. The second-order valence-corrected chi connectivity index (χ2v) is 5.31. The molecular weight excluding hydrogens is 260 g/mol. The third kappa shape index (κ3) is 4.30. The molecule has 0 unspecified atom stereocenters. The van der Waals surface area contributed by atoms with Crippen LogP contribution in [0.25, 0.3) is 0 Å². The van der Waals surface area contributed by atoms with Crippen molar-refractivity contribution >= 4 is 21.8 Å². The first-order chi connectivity index (χ1) is 8.46. The normalized spacial score (nSPS) is 11.2. The highest BCUT2D eigenvalue weighted by molar-refractivity contribution is 7.92. The molecule has 7 nitrogen and oxygen atoms in total. The highest BCUT2D eigenvalue weighted by Gasteiger charge is 2.16. The van der Waals surface area contributed by atoms with Crippen LogP contribution in [0.3, 0.4) is 0 Å². The number of aromatic carboxylic acids is 1. The van der Waals surface area contributed by atoms with Crippen LogP contribution in [-0.2, 0) is 14.8 Å². The molecule has 0 spiro atoms. The van der Waals surface area contributed by atoms with Crippen LogP contribution in [0.4, 0.5) is 5.82 Å². The van der Waals surface area contributed by atoms with Crippen LogP contribution in [-0.4, -0.2) is 43.9 Å². The topological polar surface area (TPSA) is 106 Å². The third-order valence-corrected chi connectivity index (χ3v) is 3.38. The lowest BCUT2D eigenvalue weighted by Crippen LogP contribution is -2.20. The Morgan fingerprint density at radius 2 is 2.28 bits per heavy atom. The predicted molar refractivity (Wildman–Crippen MR) is 65.1 cm³/mol. The van der Waals surface area contributed by atoms with Gasteiger partial charge in [0.2, 0.25) is 10.0 Å². The molecule has 2 N–H and O–H groups in total. The number of nitrogens with zero attached hydrogens (tertiary/aromatic N) is 1. The fraction of sp³-hybridized carbons (Fsp3) is 0.400. The van der Waals surface area contributed by atoms with Crippen LogP contribution in [0, 0.1) is 0 Å². The number of carboxylic acid groups (broad SMARTS) is 1. The van der Waals surface area contributed by atoms with E-state index >= 15 is 0 Å². The van der Waals surface area contributed by atoms with E-state index in [-0.39, 0.29) is 17.1 Å². The number of aromatic nitrogens is 1. The largest absolute Gasteiger partial charge is 0.478 e. The summed E-state index contributed by atoms with van der Waals surface area (Å²) in [5.41, 5.74) is -0.187. The number of hydrogen-bond acceptors (Lipinski definition) is 5. The molecular formula is C10H14N2O5S. The second kappa shape index (κ2) is 6.31. The van der Waals surface area contributed by atoms with E-state index < -0.39 is 16.0 Å². The first kappa shape index (κ1) is 14.4. The Morgan fingerprint density at radius 1 is 1.56 bits per heavy atom. The average Bonchev–Trinajstić information content (AvgIpc) is 2.29. The van der Waals surface area contributed by atoms with Crippen molar-refractivity contribution < 1.29 is 23.1 Å². The highest BCUT2D eigenvalue weighted by atomic mass is 32.2. The Kier molecular flexibility index (Phi) is 5.05. The lowest BCUT2D eigenvalue weighted by molar-refractivity contribution is 0.0697. The average molecular weight is 274 g/mol. The van der Waals surface area contributed by atoms with Gasteiger partial charge in [0, 0.05) is 19.9 Å². The Bertz CT molecular complexity index is 515. The first-order valence-corrected chi connectivity index (χ1v) is 6.79. The van der Waals surface area contributed by atoms with Crippen molar-refractivity contribution in [2.45, 2.75) is 6.42 Å². The van der Waals surface area contributed by atoms with Crippen molar-refractivity contribution in [2.75, 3.05) is 24.2 Å². The molecule has 0 saturated carbocycles. The van der Waals surface area contributed by atoms with Crippen molar-refractivity contribution in [1.29, 1.82) is 0 Å². The number of pyridine rings is 1. The monoisotopic (exact) mass is 274 g/mol. The van der Waals surface area contributed by atoms with Gasteiger partial charge in [-0.2, -0.15) is 0 Å². The number of hydrogen-bond donors (Lipinski definition) is 2. The standard InChI is InChI=1S/C10H14N2O5S/c1-17-6-3-7-18(15,16)12-9-8(10(13)14)4-2-5-11-9/h2,4-5H,3,6-7H2,1H3,(H,11,12)(H,13,14). The minimum Gasteiger partial charge on any atom is -0.478 e. The Balaban J connectivity index is 2.81. The van der Waals surface area contributed by atoms with Crippen molar-refractivity contribution in [3.05, 3.63) is 23.9 Å². The highest BCUT2D eigenvalue weighted by Crippen LogP contribution is 2.13. The summed E-state index contributed by atoms with van der Waals surface area (Å²) in [5, 5.41) is 8.88. The predicted octanol–water partition coefficient (Wildman–Crippen LogP) is 0.558. The smallest absolute Gasteiger partial charge is 0.339 e. The molecule has 1 heterocycles. The molecule has 0 aliphatic heterocycles. The molecule has 0 atom stereocenters. The summed E-state index contributed by atoms with van der Waals surface area (Å²) < 4.78 is 30.2. The Hall–Kier alpha value is -1.67. The first-order valence-electron chi connectivity index (χ1n) is 5.14. The summed E-state index contributed by atoms with van der Waals surface area (Å²) in [6, 6.07) is 2.70. The molecule has 18 heavy (non-hydrogen) atoms. The van der Waals surface area contributed by atoms with E-state index in [4.69, 9.17) is 9.84 Å². The maximum Gasteiger partial charge on any atom is 0.339 e. The lowest BCUT2D eigenvalue weighted by atomic mass is 10.3. The van der Waals surface area contributed by atoms with Gasteiger partial charge >= 0.3 is 5.97 Å². The fourth-order valence-corrected chi connectivity index (χ4v) is 2.31. The number of rotatable bonds is 7. The van der Waals surface area contributed by atoms with Gasteiger partial charge in [0.25, 0.3) is 0 Å². The van der Waals surface area contributed by atoms with Gasteiger partial charge in [0.1, 0.15) is 5.56 Å². The molecule has 0 aliphatic carbocycles. The fourth-order valence-electron chi connectivity index (χ4n) is 1.25. The molecule has 0 saturated heterocycles. The van der Waals surface area contributed by atoms with Gasteiger partial charge in [-0.1, -0.05) is 0 Å². The van der Waals surface area contributed by atoms with Crippen molar-refractivity contribution in [1.82, 2.24) is 4.98 Å². The summed E-state index contributed by atoms with van der Waals surface area (Å²) in [4.78, 5) is 14.6. The van der Waals surface area contributed by atoms with Gasteiger partial charge < -0.3 is 9.84 Å². The van der Waals surface area contributed by atoms with E-state index in [9.17, 15) is 13.2 Å². The maximum atomic E-state index is 11.6. The van der Waals surface area contributed by atoms with Gasteiger partial charge in [0.05, 0.1) is 5.75 Å². The molecule has 0 aromatic carbocycles. The number of sulfonamides is 1. The van der Waals surface area contributed by atoms with Crippen molar-refractivity contribution in [3.63, 3.8) is 0 Å². The summed E-state index contributed by atoms with van der Waals surface area (Å²) in [7, 11) is -2.15. The van der Waals surface area contributed by atoms with Gasteiger partial charge in [-0.05, 0) is 18.6 Å². The molecule has 0 aliphatic rings. The number of ether oxygens (including phenoxy) is 1. The van der Waals surface area contributed by atoms with Crippen LogP contribution < -0.4 is 4.72 Å². The number of carboxylic acids is 1. The number of nitrogens with one attached hydrogen (secondary N) is 1. The molecule has 0 amide bonds. The van der Waals surface area contributed by atoms with E-state index in [1.165, 1.54) is 25.4 Å². The summed E-state index contributed by atoms with van der Waals surface area (Å²) in [5.74, 6) is -1.57. The number of carbonyl (C=O) groups is 1. The van der Waals surface area contributed by atoms with Crippen LogP contribution in [0.15, 0.2) is 18.3 Å². The van der Waals surface area contributed by atoms with Gasteiger partial charge in [-0.3, -0.25) is 4.72 Å². The molecule has 8 heteroatoms. The molecule has 0 radical (unpaired) electrons. The molecule has 100 valence electrons.